The number of para-hydroxylation sites is 2. The second-order valence-corrected chi connectivity index (χ2v) is 5.32. The van der Waals surface area contributed by atoms with Crippen molar-refractivity contribution in [3.8, 4) is 5.75 Å². The van der Waals surface area contributed by atoms with Gasteiger partial charge in [-0.25, -0.2) is 9.78 Å². The molecule has 6 nitrogen and oxygen atoms in total. The van der Waals surface area contributed by atoms with Crippen molar-refractivity contribution in [1.82, 2.24) is 9.55 Å². The number of aryl methyl sites for hydroxylation is 1. The lowest BCUT2D eigenvalue weighted by molar-refractivity contribution is 0.0697. The minimum Gasteiger partial charge on any atom is -0.492 e. The fraction of sp³-hybridized carbons (Fsp3) is 0.167. The van der Waals surface area contributed by atoms with E-state index in [1.165, 1.54) is 12.1 Å². The normalized spacial score (nSPS) is 10.7. The molecule has 6 heteroatoms. The third kappa shape index (κ3) is 3.12. The van der Waals surface area contributed by atoms with Gasteiger partial charge in [-0.2, -0.15) is 0 Å². The van der Waals surface area contributed by atoms with Gasteiger partial charge in [0.2, 0.25) is 0 Å². The van der Waals surface area contributed by atoms with Crippen LogP contribution in [-0.4, -0.2) is 27.2 Å². The zero-order valence-corrected chi connectivity index (χ0v) is 13.1. The first-order valence-corrected chi connectivity index (χ1v) is 7.48. The Labute approximate surface area is 138 Å². The molecule has 0 saturated heterocycles. The average molecular weight is 324 g/mol. The van der Waals surface area contributed by atoms with Crippen LogP contribution in [0.3, 0.4) is 0 Å². The van der Waals surface area contributed by atoms with Crippen LogP contribution in [0, 0.1) is 6.92 Å². The van der Waals surface area contributed by atoms with Gasteiger partial charge in [-0.1, -0.05) is 12.1 Å². The molecule has 24 heavy (non-hydrogen) atoms. The third-order valence-electron chi connectivity index (χ3n) is 3.70. The number of carboxylic acids is 1. The van der Waals surface area contributed by atoms with Gasteiger partial charge in [-0.3, -0.25) is 4.79 Å². The summed E-state index contributed by atoms with van der Waals surface area (Å²) in [5, 5.41) is 8.87. The number of carboxylic acid groups (broad SMARTS) is 1. The molecule has 0 aliphatic heterocycles. The third-order valence-corrected chi connectivity index (χ3v) is 3.70. The predicted molar refractivity (Wildman–Crippen MR) is 89.6 cm³/mol. The lowest BCUT2D eigenvalue weighted by Crippen LogP contribution is -2.26. The average Bonchev–Trinajstić information content (AvgIpc) is 2.58. The maximum atomic E-state index is 12.3. The fourth-order valence-electron chi connectivity index (χ4n) is 2.49. The van der Waals surface area contributed by atoms with Crippen LogP contribution in [0.5, 0.6) is 5.75 Å². The number of hydrogen-bond donors (Lipinski definition) is 1. The molecule has 1 N–H and O–H groups in total. The molecule has 3 rings (SSSR count). The van der Waals surface area contributed by atoms with Crippen LogP contribution in [0.4, 0.5) is 0 Å². The number of aromatic carboxylic acids is 1. The predicted octanol–water partition coefficient (Wildman–Crippen LogP) is 2.48. The van der Waals surface area contributed by atoms with Crippen molar-refractivity contribution >= 4 is 17.0 Å². The minimum absolute atomic E-state index is 0.140. The number of aromatic nitrogens is 2. The number of hydrogen-bond acceptors (Lipinski definition) is 4. The van der Waals surface area contributed by atoms with Crippen molar-refractivity contribution in [2.45, 2.75) is 13.5 Å². The maximum absolute atomic E-state index is 12.3. The molecule has 1 heterocycles. The van der Waals surface area contributed by atoms with E-state index in [1.54, 1.807) is 23.6 Å². The molecule has 0 fully saturated rings. The SMILES string of the molecule is Cc1nc2ccccc2n(CCOc2ccc(C(=O)O)cc2)c1=O. The largest absolute Gasteiger partial charge is 0.492 e. The van der Waals surface area contributed by atoms with Crippen LogP contribution in [0.1, 0.15) is 16.1 Å². The summed E-state index contributed by atoms with van der Waals surface area (Å²) in [6.45, 7) is 2.36. The van der Waals surface area contributed by atoms with Gasteiger partial charge in [-0.05, 0) is 43.3 Å². The van der Waals surface area contributed by atoms with Gasteiger partial charge in [0, 0.05) is 0 Å². The Morgan fingerprint density at radius 1 is 1.17 bits per heavy atom. The van der Waals surface area contributed by atoms with E-state index in [4.69, 9.17) is 9.84 Å². The quantitative estimate of drug-likeness (QED) is 0.780. The van der Waals surface area contributed by atoms with E-state index in [1.807, 2.05) is 24.3 Å². The topological polar surface area (TPSA) is 81.4 Å². The Hall–Kier alpha value is -3.15. The zero-order chi connectivity index (χ0) is 17.1. The van der Waals surface area contributed by atoms with Crippen molar-refractivity contribution in [2.75, 3.05) is 6.61 Å². The summed E-state index contributed by atoms with van der Waals surface area (Å²) in [4.78, 5) is 27.4. The molecule has 0 aliphatic carbocycles. The summed E-state index contributed by atoms with van der Waals surface area (Å²) in [7, 11) is 0. The van der Waals surface area contributed by atoms with Crippen LogP contribution in [0.25, 0.3) is 11.0 Å². The van der Waals surface area contributed by atoms with Gasteiger partial charge in [-0.15, -0.1) is 0 Å². The van der Waals surface area contributed by atoms with E-state index < -0.39 is 5.97 Å². The molecule has 3 aromatic rings. The van der Waals surface area contributed by atoms with Crippen molar-refractivity contribution in [3.63, 3.8) is 0 Å². The molecule has 0 radical (unpaired) electrons. The highest BCUT2D eigenvalue weighted by Gasteiger charge is 2.08. The molecule has 0 spiro atoms. The van der Waals surface area contributed by atoms with Crippen LogP contribution < -0.4 is 10.3 Å². The molecule has 0 amide bonds. The Morgan fingerprint density at radius 3 is 2.58 bits per heavy atom. The van der Waals surface area contributed by atoms with Crippen LogP contribution in [-0.2, 0) is 6.54 Å². The van der Waals surface area contributed by atoms with E-state index in [0.29, 0.717) is 24.6 Å². The zero-order valence-electron chi connectivity index (χ0n) is 13.1. The van der Waals surface area contributed by atoms with Crippen molar-refractivity contribution in [3.05, 3.63) is 70.1 Å². The van der Waals surface area contributed by atoms with E-state index in [2.05, 4.69) is 4.98 Å². The first-order chi connectivity index (χ1) is 11.6. The number of ether oxygens (including phenoxy) is 1. The standard InChI is InChI=1S/C18H16N2O4/c1-12-17(21)20(16-5-3-2-4-15(16)19-12)10-11-24-14-8-6-13(7-9-14)18(22)23/h2-9H,10-11H2,1H3,(H,22,23). The molecular formula is C18H16N2O4. The number of rotatable bonds is 5. The molecule has 0 aliphatic rings. The lowest BCUT2D eigenvalue weighted by Gasteiger charge is -2.12. The van der Waals surface area contributed by atoms with Gasteiger partial charge in [0.1, 0.15) is 18.1 Å². The van der Waals surface area contributed by atoms with E-state index in [0.717, 1.165) is 11.0 Å². The fourth-order valence-corrected chi connectivity index (χ4v) is 2.49. The summed E-state index contributed by atoms with van der Waals surface area (Å²) < 4.78 is 7.26. The van der Waals surface area contributed by atoms with E-state index in [-0.39, 0.29) is 11.1 Å². The Balaban J connectivity index is 1.77. The minimum atomic E-state index is -0.980. The highest BCUT2D eigenvalue weighted by molar-refractivity contribution is 5.87. The van der Waals surface area contributed by atoms with Gasteiger partial charge in [0.15, 0.2) is 0 Å². The van der Waals surface area contributed by atoms with Crippen molar-refractivity contribution in [1.29, 1.82) is 0 Å². The monoisotopic (exact) mass is 324 g/mol. The molecular weight excluding hydrogens is 308 g/mol. The summed E-state index contributed by atoms with van der Waals surface area (Å²) >= 11 is 0. The smallest absolute Gasteiger partial charge is 0.335 e. The summed E-state index contributed by atoms with van der Waals surface area (Å²) in [6, 6.07) is 13.6. The lowest BCUT2D eigenvalue weighted by atomic mass is 10.2. The molecule has 0 saturated carbocycles. The highest BCUT2D eigenvalue weighted by Crippen LogP contribution is 2.13. The van der Waals surface area contributed by atoms with E-state index >= 15 is 0 Å². The maximum Gasteiger partial charge on any atom is 0.335 e. The van der Waals surface area contributed by atoms with Gasteiger partial charge >= 0.3 is 5.97 Å². The molecule has 0 bridgehead atoms. The highest BCUT2D eigenvalue weighted by atomic mass is 16.5. The first-order valence-electron chi connectivity index (χ1n) is 7.48. The Morgan fingerprint density at radius 2 is 1.88 bits per heavy atom. The second kappa shape index (κ2) is 6.54. The van der Waals surface area contributed by atoms with Crippen LogP contribution in [0.2, 0.25) is 0 Å². The van der Waals surface area contributed by atoms with Crippen molar-refractivity contribution in [2.24, 2.45) is 0 Å². The van der Waals surface area contributed by atoms with Gasteiger partial charge < -0.3 is 14.4 Å². The summed E-state index contributed by atoms with van der Waals surface area (Å²) in [5.74, 6) is -0.421. The summed E-state index contributed by atoms with van der Waals surface area (Å²) in [5.41, 5.74) is 2.03. The second-order valence-electron chi connectivity index (χ2n) is 5.32. The molecule has 1 aromatic heterocycles. The number of nitrogens with zero attached hydrogens (tertiary/aromatic N) is 2. The number of fused-ring (bicyclic) bond motifs is 1. The Bertz CT molecular complexity index is 945. The molecule has 0 unspecified atom stereocenters. The van der Waals surface area contributed by atoms with Gasteiger partial charge in [0.05, 0.1) is 23.1 Å². The van der Waals surface area contributed by atoms with Crippen LogP contribution >= 0.6 is 0 Å². The van der Waals surface area contributed by atoms with Crippen LogP contribution in [0.15, 0.2) is 53.3 Å². The van der Waals surface area contributed by atoms with Gasteiger partial charge in [0.25, 0.3) is 5.56 Å². The summed E-state index contributed by atoms with van der Waals surface area (Å²) in [6.07, 6.45) is 0. The number of benzene rings is 2. The Kier molecular flexibility index (Phi) is 4.29. The number of carbonyl (C=O) groups is 1. The van der Waals surface area contributed by atoms with Crippen molar-refractivity contribution < 1.29 is 14.6 Å². The molecule has 2 aromatic carbocycles. The van der Waals surface area contributed by atoms with E-state index in [9.17, 15) is 9.59 Å². The molecule has 0 atom stereocenters. The molecule has 122 valence electrons. The first kappa shape index (κ1) is 15.7.